The second kappa shape index (κ2) is 6.88. The summed E-state index contributed by atoms with van der Waals surface area (Å²) >= 11 is 0. The van der Waals surface area contributed by atoms with Crippen LogP contribution in [0.2, 0.25) is 0 Å². The van der Waals surface area contributed by atoms with Crippen molar-refractivity contribution in [2.24, 2.45) is 11.5 Å². The van der Waals surface area contributed by atoms with Gasteiger partial charge in [-0.3, -0.25) is 9.59 Å². The van der Waals surface area contributed by atoms with Crippen molar-refractivity contribution < 1.29 is 36.2 Å². The van der Waals surface area contributed by atoms with Gasteiger partial charge in [-0.25, -0.2) is 9.59 Å². The van der Waals surface area contributed by atoms with Crippen LogP contribution in [-0.2, 0) is 28.6 Å². The average Bonchev–Trinajstić information content (AvgIpc) is 3.10. The van der Waals surface area contributed by atoms with E-state index in [2.05, 4.69) is 0 Å². The maximum Gasteiger partial charge on any atom is 0.442 e. The normalized spacial score (nSPS) is 32.1. The molecule has 0 spiro atoms. The highest BCUT2D eigenvalue weighted by Crippen LogP contribution is 2.31. The van der Waals surface area contributed by atoms with Gasteiger partial charge in [0.05, 0.1) is 25.2 Å². The molecule has 29 heavy (non-hydrogen) atoms. The van der Waals surface area contributed by atoms with E-state index in [0.717, 1.165) is 0 Å². The molecule has 4 saturated heterocycles. The number of nitrogens with two attached hydrogens (primary N) is 2. The molecule has 4 aliphatic rings. The molecule has 0 aliphatic carbocycles. The highest BCUT2D eigenvalue weighted by atomic mass is 32.3. The number of carbonyl (C=O) groups excluding carboxylic acids is 4. The van der Waals surface area contributed by atoms with Crippen LogP contribution in [0.4, 0.5) is 9.59 Å². The number of rotatable bonds is 6. The van der Waals surface area contributed by atoms with Crippen molar-refractivity contribution in [3.05, 3.63) is 0 Å². The lowest BCUT2D eigenvalue weighted by Gasteiger charge is -2.28. The van der Waals surface area contributed by atoms with E-state index in [1.165, 1.54) is 9.80 Å². The number of Topliss-reactive ketones (excluding diaryl/α,β-unsaturated/α-hetero) is 2. The zero-order valence-electron chi connectivity index (χ0n) is 15.2. The summed E-state index contributed by atoms with van der Waals surface area (Å²) in [5.41, 5.74) is 11.1. The van der Waals surface area contributed by atoms with Crippen LogP contribution in [0.5, 0.6) is 0 Å². The summed E-state index contributed by atoms with van der Waals surface area (Å²) in [5, 5.41) is 0.815. The smallest absolute Gasteiger partial charge is 0.328 e. The summed E-state index contributed by atoms with van der Waals surface area (Å²) in [6.45, 7) is -0.0630. The first-order valence-corrected chi connectivity index (χ1v) is 10.3. The fourth-order valence-corrected chi connectivity index (χ4v) is 4.78. The van der Waals surface area contributed by atoms with Crippen LogP contribution in [0.25, 0.3) is 0 Å². The molecule has 14 nitrogen and oxygen atoms in total. The van der Waals surface area contributed by atoms with E-state index in [9.17, 15) is 27.6 Å². The monoisotopic (exact) mass is 432 g/mol. The lowest BCUT2D eigenvalue weighted by molar-refractivity contribution is -0.136. The Labute approximate surface area is 165 Å². The van der Waals surface area contributed by atoms with Crippen molar-refractivity contribution >= 4 is 34.0 Å². The number of carbonyl (C=O) groups is 4. The van der Waals surface area contributed by atoms with E-state index in [1.807, 2.05) is 0 Å². The summed E-state index contributed by atoms with van der Waals surface area (Å²) in [4.78, 5) is 51.8. The van der Waals surface area contributed by atoms with Crippen molar-refractivity contribution in [2.45, 2.75) is 37.0 Å². The van der Waals surface area contributed by atoms with Crippen LogP contribution >= 0.6 is 0 Å². The molecule has 0 radical (unpaired) electrons. The molecule has 0 saturated carbocycles. The molecule has 160 valence electrons. The number of urea groups is 2. The van der Waals surface area contributed by atoms with Crippen LogP contribution < -0.4 is 11.5 Å². The van der Waals surface area contributed by atoms with Crippen molar-refractivity contribution in [3.8, 4) is 0 Å². The highest BCUT2D eigenvalue weighted by molar-refractivity contribution is 7.81. The Morgan fingerprint density at radius 3 is 1.52 bits per heavy atom. The van der Waals surface area contributed by atoms with E-state index in [-0.39, 0.29) is 39.0 Å². The van der Waals surface area contributed by atoms with Gasteiger partial charge in [0.2, 0.25) is 0 Å². The Balaban J connectivity index is 1.50. The molecule has 4 amide bonds. The van der Waals surface area contributed by atoms with Gasteiger partial charge in [0.25, 0.3) is 0 Å². The first-order valence-electron chi connectivity index (χ1n) is 8.96. The molecule has 0 aromatic carbocycles. The summed E-state index contributed by atoms with van der Waals surface area (Å²) in [6, 6.07) is -5.08. The van der Waals surface area contributed by atoms with Crippen LogP contribution in [0.15, 0.2) is 0 Å². The number of hydrogen-bond donors (Lipinski definition) is 2. The molecule has 4 fully saturated rings. The van der Waals surface area contributed by atoms with Gasteiger partial charge in [-0.15, -0.1) is 8.57 Å². The number of fused-ring (bicyclic) bond motifs is 4. The number of hydroxylamine groups is 4. The van der Waals surface area contributed by atoms with Gasteiger partial charge in [-0.1, -0.05) is 0 Å². The SMILES string of the molecule is NC[C@@H]1CC(=O)[C@@H]2CN1C(=O)N2OS(=O)(=O)ON1C(=O)N2C[C@H]1C(=O)C[C@H]2CN. The number of ketones is 2. The number of amides is 4. The predicted molar refractivity (Wildman–Crippen MR) is 91.5 cm³/mol. The minimum atomic E-state index is -5.00. The maximum absolute atomic E-state index is 12.4. The topological polar surface area (TPSA) is 186 Å². The quantitative estimate of drug-likeness (QED) is 0.435. The predicted octanol–water partition coefficient (Wildman–Crippen LogP) is -3.09. The van der Waals surface area contributed by atoms with Gasteiger partial charge >= 0.3 is 22.5 Å². The molecule has 4 rings (SSSR count). The molecular weight excluding hydrogens is 412 g/mol. The van der Waals surface area contributed by atoms with E-state index >= 15 is 0 Å². The standard InChI is InChI=1S/C14H20N6O8S/c15-3-7-1-11(21)9-5-17(7)13(23)19(9)27-29(25,26)28-20-10-6-18(14(20)24)8(4-16)2-12(10)22/h7-10H,1-6,15-16H2/t7-,8-,9-,10-/m0/s1. The van der Waals surface area contributed by atoms with E-state index in [1.54, 1.807) is 0 Å². The van der Waals surface area contributed by atoms with Crippen molar-refractivity contribution in [2.75, 3.05) is 26.2 Å². The minimum Gasteiger partial charge on any atom is -0.328 e. The third-order valence-electron chi connectivity index (χ3n) is 5.56. The van der Waals surface area contributed by atoms with E-state index < -0.39 is 58.2 Å². The third kappa shape index (κ3) is 3.14. The van der Waals surface area contributed by atoms with Crippen LogP contribution in [0.1, 0.15) is 12.8 Å². The zero-order valence-corrected chi connectivity index (χ0v) is 16.0. The fraction of sp³-hybridized carbons (Fsp3) is 0.714. The summed E-state index contributed by atoms with van der Waals surface area (Å²) in [6.07, 6.45) is -0.0470. The second-order valence-electron chi connectivity index (χ2n) is 7.23. The van der Waals surface area contributed by atoms with Crippen molar-refractivity contribution in [1.29, 1.82) is 0 Å². The van der Waals surface area contributed by atoms with Gasteiger partial charge in [0.1, 0.15) is 12.1 Å². The molecule has 4 bridgehead atoms. The molecule has 4 N–H and O–H groups in total. The molecule has 0 aromatic rings. The van der Waals surface area contributed by atoms with Gasteiger partial charge in [-0.05, 0) is 0 Å². The molecule has 15 heteroatoms. The Morgan fingerprint density at radius 1 is 0.793 bits per heavy atom. The third-order valence-corrected chi connectivity index (χ3v) is 6.25. The Bertz CT molecular complexity index is 815. The minimum absolute atomic E-state index is 0.0235. The van der Waals surface area contributed by atoms with Gasteiger partial charge in [0.15, 0.2) is 11.6 Å². The Hall–Kier alpha value is -2.33. The summed E-state index contributed by atoms with van der Waals surface area (Å²) in [5.74, 6) is -0.809. The van der Waals surface area contributed by atoms with Crippen LogP contribution in [-0.4, -0.2) is 102 Å². The maximum atomic E-state index is 12.4. The van der Waals surface area contributed by atoms with Gasteiger partial charge in [-0.2, -0.15) is 18.5 Å². The Morgan fingerprint density at radius 2 is 1.17 bits per heavy atom. The van der Waals surface area contributed by atoms with E-state index in [4.69, 9.17) is 20.0 Å². The molecule has 4 atom stereocenters. The molecule has 0 aromatic heterocycles. The van der Waals surface area contributed by atoms with Crippen LogP contribution in [0.3, 0.4) is 0 Å². The average molecular weight is 432 g/mol. The number of hydrogen-bond acceptors (Lipinski definition) is 10. The van der Waals surface area contributed by atoms with Crippen molar-refractivity contribution in [3.63, 3.8) is 0 Å². The number of piperidine rings is 2. The molecule has 4 aliphatic heterocycles. The van der Waals surface area contributed by atoms with Gasteiger partial charge in [0, 0.05) is 25.9 Å². The van der Waals surface area contributed by atoms with Crippen LogP contribution in [0, 0.1) is 0 Å². The molecule has 0 unspecified atom stereocenters. The highest BCUT2D eigenvalue weighted by Gasteiger charge is 2.54. The molecule has 4 heterocycles. The number of nitrogens with zero attached hydrogens (tertiary/aromatic N) is 4. The summed E-state index contributed by atoms with van der Waals surface area (Å²) < 4.78 is 34.2. The van der Waals surface area contributed by atoms with E-state index in [0.29, 0.717) is 10.1 Å². The van der Waals surface area contributed by atoms with Gasteiger partial charge < -0.3 is 21.3 Å². The summed E-state index contributed by atoms with van der Waals surface area (Å²) in [7, 11) is -5.00. The zero-order chi connectivity index (χ0) is 21.1. The first-order chi connectivity index (χ1) is 13.7. The lowest BCUT2D eigenvalue weighted by Crippen LogP contribution is -2.48. The van der Waals surface area contributed by atoms with Crippen molar-refractivity contribution in [1.82, 2.24) is 19.9 Å². The lowest BCUT2D eigenvalue weighted by atomic mass is 10.00. The fourth-order valence-electron chi connectivity index (χ4n) is 4.03. The largest absolute Gasteiger partial charge is 0.442 e. The first kappa shape index (κ1) is 20.0. The second-order valence-corrected chi connectivity index (χ2v) is 8.34. The molecular formula is C14H20N6O8S. The Kier molecular flexibility index (Phi) is 4.73.